The van der Waals surface area contributed by atoms with Gasteiger partial charge in [0, 0.05) is 22.6 Å². The number of halogens is 2. The average molecular weight is 379 g/mol. The molecular formula is C26H28F2. The van der Waals surface area contributed by atoms with Crippen molar-refractivity contribution in [3.05, 3.63) is 76.6 Å². The zero-order chi connectivity index (χ0) is 19.9. The summed E-state index contributed by atoms with van der Waals surface area (Å²) in [5.41, 5.74) is 3.22. The maximum atomic E-state index is 14.7. The summed E-state index contributed by atoms with van der Waals surface area (Å²) < 4.78 is 29.3. The van der Waals surface area contributed by atoms with Crippen molar-refractivity contribution in [2.24, 2.45) is 11.8 Å². The Hall–Kier alpha value is -2.40. The van der Waals surface area contributed by atoms with Crippen LogP contribution in [0.25, 0.3) is 5.83 Å². The summed E-state index contributed by atoms with van der Waals surface area (Å²) in [6.45, 7) is 4.22. The van der Waals surface area contributed by atoms with E-state index in [9.17, 15) is 8.78 Å². The second kappa shape index (κ2) is 9.69. The van der Waals surface area contributed by atoms with Crippen molar-refractivity contribution in [2.75, 3.05) is 0 Å². The van der Waals surface area contributed by atoms with Crippen LogP contribution in [0.1, 0.15) is 67.7 Å². The Labute approximate surface area is 167 Å². The first-order chi connectivity index (χ1) is 13.6. The van der Waals surface area contributed by atoms with Crippen molar-refractivity contribution in [2.45, 2.75) is 52.4 Å². The molecule has 0 unspecified atom stereocenters. The molecule has 0 atom stereocenters. The fraction of sp³-hybridized carbons (Fsp3) is 0.385. The van der Waals surface area contributed by atoms with E-state index in [1.165, 1.54) is 18.4 Å². The first-order valence-electron chi connectivity index (χ1n) is 10.3. The summed E-state index contributed by atoms with van der Waals surface area (Å²) >= 11 is 0. The van der Waals surface area contributed by atoms with Gasteiger partial charge in [0.25, 0.3) is 0 Å². The molecule has 2 aromatic carbocycles. The fourth-order valence-electron chi connectivity index (χ4n) is 3.91. The summed E-state index contributed by atoms with van der Waals surface area (Å²) in [6, 6.07) is 14.7. The molecule has 0 amide bonds. The van der Waals surface area contributed by atoms with Gasteiger partial charge in [-0.2, -0.15) is 0 Å². The number of allylic oxidation sites excluding steroid dienone is 1. The standard InChI is InChI=1S/C26H28F2/c1-3-4-20-11-15-23(16-12-20)25(27)26(28)24-17-13-22(14-18-24)10-9-21-7-5-19(2)6-8-21/h5-8,13-14,17-18,20,23H,3-4,11-12,15-16H2,1-2H3/b26-25+. The largest absolute Gasteiger partial charge is 0.208 e. The van der Waals surface area contributed by atoms with Crippen molar-refractivity contribution in [1.82, 2.24) is 0 Å². The fourth-order valence-corrected chi connectivity index (χ4v) is 3.91. The molecule has 28 heavy (non-hydrogen) atoms. The number of hydrogen-bond donors (Lipinski definition) is 0. The molecular weight excluding hydrogens is 350 g/mol. The molecule has 0 saturated heterocycles. The SMILES string of the molecule is CCCC1CCC(/C(F)=C(\F)c2ccc(C#Cc3ccc(C)cc3)cc2)CC1. The number of hydrogen-bond acceptors (Lipinski definition) is 0. The number of rotatable bonds is 4. The van der Waals surface area contributed by atoms with Crippen LogP contribution in [-0.4, -0.2) is 0 Å². The quantitative estimate of drug-likeness (QED) is 0.480. The molecule has 0 bridgehead atoms. The Balaban J connectivity index is 1.67. The van der Waals surface area contributed by atoms with E-state index in [0.717, 1.165) is 36.8 Å². The van der Waals surface area contributed by atoms with Crippen LogP contribution in [0.5, 0.6) is 0 Å². The summed E-state index contributed by atoms with van der Waals surface area (Å²) in [4.78, 5) is 0. The molecule has 0 nitrogen and oxygen atoms in total. The molecule has 0 aromatic heterocycles. The van der Waals surface area contributed by atoms with E-state index in [0.29, 0.717) is 11.5 Å². The van der Waals surface area contributed by atoms with Gasteiger partial charge < -0.3 is 0 Å². The minimum atomic E-state index is -0.711. The first-order valence-corrected chi connectivity index (χ1v) is 10.3. The Morgan fingerprint density at radius 1 is 0.857 bits per heavy atom. The van der Waals surface area contributed by atoms with Crippen molar-refractivity contribution in [3.8, 4) is 11.8 Å². The van der Waals surface area contributed by atoms with Gasteiger partial charge in [0.1, 0.15) is 5.83 Å². The smallest absolute Gasteiger partial charge is 0.162 e. The predicted octanol–water partition coefficient (Wildman–Crippen LogP) is 7.61. The maximum absolute atomic E-state index is 14.7. The van der Waals surface area contributed by atoms with Crippen molar-refractivity contribution in [1.29, 1.82) is 0 Å². The van der Waals surface area contributed by atoms with Gasteiger partial charge in [-0.15, -0.1) is 0 Å². The van der Waals surface area contributed by atoms with E-state index in [4.69, 9.17) is 0 Å². The maximum Gasteiger partial charge on any atom is 0.162 e. The first kappa shape index (κ1) is 20.3. The summed E-state index contributed by atoms with van der Waals surface area (Å²) in [5, 5.41) is 0. The molecule has 0 radical (unpaired) electrons. The van der Waals surface area contributed by atoms with Crippen molar-refractivity contribution < 1.29 is 8.78 Å². The van der Waals surface area contributed by atoms with E-state index >= 15 is 0 Å². The van der Waals surface area contributed by atoms with E-state index in [1.807, 2.05) is 31.2 Å². The van der Waals surface area contributed by atoms with Gasteiger partial charge in [0.05, 0.1) is 0 Å². The lowest BCUT2D eigenvalue weighted by atomic mass is 9.79. The van der Waals surface area contributed by atoms with E-state index in [2.05, 4.69) is 18.8 Å². The van der Waals surface area contributed by atoms with Crippen molar-refractivity contribution in [3.63, 3.8) is 0 Å². The lowest BCUT2D eigenvalue weighted by molar-refractivity contribution is 0.261. The van der Waals surface area contributed by atoms with Crippen LogP contribution in [0.15, 0.2) is 54.4 Å². The minimum Gasteiger partial charge on any atom is -0.208 e. The normalized spacial score (nSPS) is 20.1. The predicted molar refractivity (Wildman–Crippen MR) is 113 cm³/mol. The average Bonchev–Trinajstić information content (AvgIpc) is 2.73. The van der Waals surface area contributed by atoms with Gasteiger partial charge in [0.15, 0.2) is 5.83 Å². The van der Waals surface area contributed by atoms with Gasteiger partial charge in [-0.1, -0.05) is 61.4 Å². The highest BCUT2D eigenvalue weighted by Crippen LogP contribution is 2.38. The van der Waals surface area contributed by atoms with Gasteiger partial charge in [0.2, 0.25) is 0 Å². The second-order valence-electron chi connectivity index (χ2n) is 7.86. The van der Waals surface area contributed by atoms with Crippen LogP contribution in [0.3, 0.4) is 0 Å². The number of aryl methyl sites for hydroxylation is 1. The lowest BCUT2D eigenvalue weighted by Crippen LogP contribution is -2.15. The Morgan fingerprint density at radius 2 is 1.39 bits per heavy atom. The highest BCUT2D eigenvalue weighted by Gasteiger charge is 2.26. The van der Waals surface area contributed by atoms with Crippen molar-refractivity contribution >= 4 is 5.83 Å². The van der Waals surface area contributed by atoms with E-state index in [1.54, 1.807) is 24.3 Å². The molecule has 3 rings (SSSR count). The van der Waals surface area contributed by atoms with Crippen LogP contribution in [0.2, 0.25) is 0 Å². The molecule has 1 aliphatic carbocycles. The molecule has 1 fully saturated rings. The number of benzene rings is 2. The molecule has 2 aromatic rings. The monoisotopic (exact) mass is 378 g/mol. The van der Waals surface area contributed by atoms with E-state index < -0.39 is 11.7 Å². The van der Waals surface area contributed by atoms with Crippen LogP contribution in [0.4, 0.5) is 8.78 Å². The molecule has 2 heteroatoms. The summed E-state index contributed by atoms with van der Waals surface area (Å²) in [7, 11) is 0. The van der Waals surface area contributed by atoms with Gasteiger partial charge in [-0.3, -0.25) is 0 Å². The molecule has 0 spiro atoms. The van der Waals surface area contributed by atoms with Crippen LogP contribution >= 0.6 is 0 Å². The Morgan fingerprint density at radius 3 is 1.93 bits per heavy atom. The summed E-state index contributed by atoms with van der Waals surface area (Å²) in [6.07, 6.45) is 5.89. The third kappa shape index (κ3) is 5.32. The zero-order valence-electron chi connectivity index (χ0n) is 16.8. The lowest BCUT2D eigenvalue weighted by Gasteiger charge is -2.27. The van der Waals surface area contributed by atoms with Crippen LogP contribution < -0.4 is 0 Å². The van der Waals surface area contributed by atoms with Gasteiger partial charge >= 0.3 is 0 Å². The van der Waals surface area contributed by atoms with Gasteiger partial charge in [-0.25, -0.2) is 8.78 Å². The Bertz CT molecular complexity index is 855. The molecule has 1 saturated carbocycles. The highest BCUT2D eigenvalue weighted by atomic mass is 19.2. The molecule has 1 aliphatic rings. The van der Waals surface area contributed by atoms with Crippen LogP contribution in [-0.2, 0) is 0 Å². The third-order valence-electron chi connectivity index (χ3n) is 5.65. The Kier molecular flexibility index (Phi) is 7.04. The molecule has 0 N–H and O–H groups in total. The van der Waals surface area contributed by atoms with E-state index in [-0.39, 0.29) is 5.92 Å². The zero-order valence-corrected chi connectivity index (χ0v) is 16.8. The van der Waals surface area contributed by atoms with Crippen LogP contribution in [0, 0.1) is 30.6 Å². The summed E-state index contributed by atoms with van der Waals surface area (Å²) in [5.74, 6) is 5.30. The molecule has 0 aliphatic heterocycles. The minimum absolute atomic E-state index is 0.269. The van der Waals surface area contributed by atoms with Gasteiger partial charge in [-0.05, 0) is 62.8 Å². The molecule has 0 heterocycles. The highest BCUT2D eigenvalue weighted by molar-refractivity contribution is 5.62. The third-order valence-corrected chi connectivity index (χ3v) is 5.65. The topological polar surface area (TPSA) is 0 Å². The second-order valence-corrected chi connectivity index (χ2v) is 7.86. The molecule has 146 valence electrons.